The molecular weight excluding hydrogens is 196 g/mol. The summed E-state index contributed by atoms with van der Waals surface area (Å²) in [6.45, 7) is 2.06. The van der Waals surface area contributed by atoms with E-state index in [1.54, 1.807) is 6.20 Å². The van der Waals surface area contributed by atoms with Gasteiger partial charge in [0.25, 0.3) is 0 Å². The highest BCUT2D eigenvalue weighted by molar-refractivity contribution is 5.44. The van der Waals surface area contributed by atoms with E-state index in [-0.39, 0.29) is 0 Å². The average Bonchev–Trinajstić information content (AvgIpc) is 2.82. The zero-order valence-electron chi connectivity index (χ0n) is 7.97. The molecule has 1 aliphatic heterocycles. The molecule has 0 atom stereocenters. The van der Waals surface area contributed by atoms with Crippen LogP contribution in [0.2, 0.25) is 0 Å². The van der Waals surface area contributed by atoms with Crippen LogP contribution in [0.5, 0.6) is 0 Å². The molecule has 15 heavy (non-hydrogen) atoms. The van der Waals surface area contributed by atoms with Crippen LogP contribution in [0.15, 0.2) is 10.7 Å². The first-order chi connectivity index (χ1) is 7.42. The van der Waals surface area contributed by atoms with Crippen LogP contribution in [0.1, 0.15) is 5.89 Å². The minimum absolute atomic E-state index is 0.492. The van der Waals surface area contributed by atoms with Crippen LogP contribution < -0.4 is 5.32 Å². The minimum Gasteiger partial charge on any atom is -0.339 e. The van der Waals surface area contributed by atoms with Gasteiger partial charge < -0.3 is 9.84 Å². The number of aromatic nitrogens is 5. The van der Waals surface area contributed by atoms with E-state index in [1.807, 2.05) is 0 Å². The van der Waals surface area contributed by atoms with Crippen molar-refractivity contribution in [2.75, 3.05) is 13.1 Å². The lowest BCUT2D eigenvalue weighted by atomic mass is 10.00. The molecule has 1 aliphatic rings. The minimum atomic E-state index is 0.492. The second-order valence-corrected chi connectivity index (χ2v) is 3.60. The van der Waals surface area contributed by atoms with E-state index < -0.39 is 0 Å². The summed E-state index contributed by atoms with van der Waals surface area (Å²) in [7, 11) is 0. The lowest BCUT2D eigenvalue weighted by Gasteiger charge is -2.25. The third-order valence-corrected chi connectivity index (χ3v) is 2.44. The molecule has 0 spiro atoms. The molecule has 0 aliphatic carbocycles. The highest BCUT2D eigenvalue weighted by atomic mass is 16.5. The number of hydrogen-bond acceptors (Lipinski definition) is 6. The van der Waals surface area contributed by atoms with Gasteiger partial charge in [0, 0.05) is 6.42 Å². The first-order valence-electron chi connectivity index (χ1n) is 4.81. The molecule has 0 radical (unpaired) electrons. The third-order valence-electron chi connectivity index (χ3n) is 2.44. The van der Waals surface area contributed by atoms with Gasteiger partial charge in [-0.1, -0.05) is 5.16 Å². The smallest absolute Gasteiger partial charge is 0.227 e. The molecule has 0 bridgehead atoms. The summed E-state index contributed by atoms with van der Waals surface area (Å²) in [6, 6.07) is 0. The quantitative estimate of drug-likeness (QED) is 0.711. The van der Waals surface area contributed by atoms with E-state index in [1.165, 1.54) is 0 Å². The van der Waals surface area contributed by atoms with Gasteiger partial charge in [0.05, 0.1) is 6.20 Å². The van der Waals surface area contributed by atoms with Gasteiger partial charge in [-0.25, -0.2) is 0 Å². The fourth-order valence-corrected chi connectivity index (χ4v) is 1.49. The van der Waals surface area contributed by atoms with Crippen LogP contribution in [0.25, 0.3) is 11.5 Å². The zero-order valence-corrected chi connectivity index (χ0v) is 7.97. The third kappa shape index (κ3) is 1.61. The molecule has 0 amide bonds. The van der Waals surface area contributed by atoms with E-state index in [0.29, 0.717) is 23.3 Å². The van der Waals surface area contributed by atoms with Crippen molar-refractivity contribution in [3.8, 4) is 11.5 Å². The van der Waals surface area contributed by atoms with Gasteiger partial charge in [-0.05, 0) is 19.0 Å². The van der Waals surface area contributed by atoms with Crippen molar-refractivity contribution >= 4 is 0 Å². The molecule has 7 nitrogen and oxygen atoms in total. The van der Waals surface area contributed by atoms with E-state index >= 15 is 0 Å². The van der Waals surface area contributed by atoms with Gasteiger partial charge >= 0.3 is 0 Å². The highest BCUT2D eigenvalue weighted by Crippen LogP contribution is 2.14. The van der Waals surface area contributed by atoms with Crippen molar-refractivity contribution in [1.82, 2.24) is 30.9 Å². The van der Waals surface area contributed by atoms with Crippen LogP contribution >= 0.6 is 0 Å². The SMILES string of the molecule is c1n[nH]nc1-c1noc(CC2CNC2)n1. The number of H-pyrrole nitrogens is 1. The van der Waals surface area contributed by atoms with Crippen LogP contribution in [-0.4, -0.2) is 38.6 Å². The number of nitrogens with one attached hydrogen (secondary N) is 2. The summed E-state index contributed by atoms with van der Waals surface area (Å²) in [5.74, 6) is 1.78. The number of nitrogens with zero attached hydrogens (tertiary/aromatic N) is 4. The Labute approximate surface area is 85.3 Å². The lowest BCUT2D eigenvalue weighted by Crippen LogP contribution is -2.43. The van der Waals surface area contributed by atoms with Crippen molar-refractivity contribution in [1.29, 1.82) is 0 Å². The summed E-state index contributed by atoms with van der Waals surface area (Å²) in [5, 5.41) is 17.1. The molecule has 1 saturated heterocycles. The Balaban J connectivity index is 1.75. The van der Waals surface area contributed by atoms with E-state index in [0.717, 1.165) is 19.5 Å². The Bertz CT molecular complexity index is 432. The predicted molar refractivity (Wildman–Crippen MR) is 49.7 cm³/mol. The topological polar surface area (TPSA) is 92.5 Å². The largest absolute Gasteiger partial charge is 0.339 e. The summed E-state index contributed by atoms with van der Waals surface area (Å²) >= 11 is 0. The van der Waals surface area contributed by atoms with Crippen molar-refractivity contribution < 1.29 is 4.52 Å². The van der Waals surface area contributed by atoms with E-state index in [2.05, 4.69) is 30.9 Å². The number of rotatable bonds is 3. The van der Waals surface area contributed by atoms with Crippen molar-refractivity contribution in [2.45, 2.75) is 6.42 Å². The van der Waals surface area contributed by atoms with Crippen LogP contribution in [0.3, 0.4) is 0 Å². The molecule has 0 aromatic carbocycles. The molecule has 2 aromatic heterocycles. The molecule has 3 rings (SSSR count). The molecule has 3 heterocycles. The normalized spacial score (nSPS) is 16.5. The number of aromatic amines is 1. The maximum atomic E-state index is 5.12. The predicted octanol–water partition coefficient (Wildman–Crippen LogP) is -0.383. The second-order valence-electron chi connectivity index (χ2n) is 3.60. The Morgan fingerprint density at radius 2 is 2.40 bits per heavy atom. The van der Waals surface area contributed by atoms with Crippen molar-refractivity contribution in [2.24, 2.45) is 5.92 Å². The van der Waals surface area contributed by atoms with Crippen LogP contribution in [0, 0.1) is 5.92 Å². The van der Waals surface area contributed by atoms with Crippen molar-refractivity contribution in [3.05, 3.63) is 12.1 Å². The fourth-order valence-electron chi connectivity index (χ4n) is 1.49. The molecule has 78 valence electrons. The molecule has 7 heteroatoms. The molecular formula is C8H10N6O. The average molecular weight is 206 g/mol. The first kappa shape index (κ1) is 8.54. The first-order valence-corrected chi connectivity index (χ1v) is 4.81. The van der Waals surface area contributed by atoms with Gasteiger partial charge in [0.15, 0.2) is 5.69 Å². The molecule has 2 aromatic rings. The summed E-state index contributed by atoms with van der Waals surface area (Å²) in [4.78, 5) is 4.25. The number of hydrogen-bond donors (Lipinski definition) is 2. The summed E-state index contributed by atoms with van der Waals surface area (Å²) in [6.07, 6.45) is 2.40. The van der Waals surface area contributed by atoms with Crippen LogP contribution in [0.4, 0.5) is 0 Å². The summed E-state index contributed by atoms with van der Waals surface area (Å²) in [5.41, 5.74) is 0.608. The Morgan fingerprint density at radius 1 is 1.47 bits per heavy atom. The van der Waals surface area contributed by atoms with E-state index in [9.17, 15) is 0 Å². The van der Waals surface area contributed by atoms with Crippen molar-refractivity contribution in [3.63, 3.8) is 0 Å². The standard InChI is InChI=1S/C8H10N6O/c1(5-2-9-3-5)7-11-8(13-15-7)6-4-10-14-12-6/h4-5,9H,1-3H2,(H,10,12,14). The van der Waals surface area contributed by atoms with Gasteiger partial charge in [0.1, 0.15) is 0 Å². The Morgan fingerprint density at radius 3 is 3.07 bits per heavy atom. The highest BCUT2D eigenvalue weighted by Gasteiger charge is 2.20. The fraction of sp³-hybridized carbons (Fsp3) is 0.500. The monoisotopic (exact) mass is 206 g/mol. The lowest BCUT2D eigenvalue weighted by molar-refractivity contribution is 0.296. The Kier molecular flexibility index (Phi) is 1.95. The van der Waals surface area contributed by atoms with Crippen LogP contribution in [-0.2, 0) is 6.42 Å². The second kappa shape index (κ2) is 3.43. The maximum Gasteiger partial charge on any atom is 0.227 e. The summed E-state index contributed by atoms with van der Waals surface area (Å²) < 4.78 is 5.12. The van der Waals surface area contributed by atoms with Gasteiger partial charge in [-0.15, -0.1) is 0 Å². The molecule has 2 N–H and O–H groups in total. The Hall–Kier alpha value is -1.76. The van der Waals surface area contributed by atoms with Gasteiger partial charge in [-0.3, -0.25) is 0 Å². The molecule has 0 unspecified atom stereocenters. The molecule has 0 saturated carbocycles. The van der Waals surface area contributed by atoms with Gasteiger partial charge in [-0.2, -0.15) is 20.4 Å². The van der Waals surface area contributed by atoms with E-state index in [4.69, 9.17) is 4.52 Å². The maximum absolute atomic E-state index is 5.12. The molecule has 1 fully saturated rings. The van der Waals surface area contributed by atoms with Gasteiger partial charge in [0.2, 0.25) is 11.7 Å². The zero-order chi connectivity index (χ0) is 10.1.